The van der Waals surface area contributed by atoms with Crippen LogP contribution in [0, 0.1) is 17.8 Å². The van der Waals surface area contributed by atoms with Gasteiger partial charge in [-0.2, -0.15) is 0 Å². The summed E-state index contributed by atoms with van der Waals surface area (Å²) in [4.78, 5) is 36.8. The number of carbonyl (C=O) groups excluding carboxylic acids is 3. The van der Waals surface area contributed by atoms with Crippen LogP contribution in [-0.2, 0) is 14.4 Å². The Morgan fingerprint density at radius 2 is 1.88 bits per heavy atom. The summed E-state index contributed by atoms with van der Waals surface area (Å²) < 4.78 is 0. The summed E-state index contributed by atoms with van der Waals surface area (Å²) in [5.74, 6) is 2.08. The van der Waals surface area contributed by atoms with E-state index in [4.69, 9.17) is 0 Å². The van der Waals surface area contributed by atoms with Gasteiger partial charge < -0.3 is 15.5 Å². The molecule has 2 saturated carbocycles. The van der Waals surface area contributed by atoms with Gasteiger partial charge in [-0.25, -0.2) is 0 Å². The first-order valence-electron chi connectivity index (χ1n) is 9.33. The molecule has 1 aliphatic heterocycles. The maximum absolute atomic E-state index is 12.5. The van der Waals surface area contributed by atoms with Gasteiger partial charge in [0.2, 0.25) is 17.7 Å². The maximum atomic E-state index is 12.5. The topological polar surface area (TPSA) is 78.5 Å². The Morgan fingerprint density at radius 1 is 1.04 bits per heavy atom. The summed E-state index contributed by atoms with van der Waals surface area (Å²) in [6.45, 7) is 2.14. The fraction of sp³-hybridized carbons (Fsp3) is 0.833. The average Bonchev–Trinajstić information content (AvgIpc) is 3.27. The molecule has 0 aromatic heterocycles. The molecule has 134 valence electrons. The molecular weight excluding hydrogens is 306 g/mol. The first kappa shape index (κ1) is 17.2. The number of fused-ring (bicyclic) bond motifs is 2. The van der Waals surface area contributed by atoms with Gasteiger partial charge >= 0.3 is 0 Å². The SMILES string of the molecule is CC(=O)NCC(=O)NCC(=O)N1CCC[C@H]1C[C@@H]1C[C@H]2CC[C@H]1C2. The monoisotopic (exact) mass is 335 g/mol. The van der Waals surface area contributed by atoms with Gasteiger partial charge in [-0.3, -0.25) is 14.4 Å². The van der Waals surface area contributed by atoms with Crippen molar-refractivity contribution in [1.82, 2.24) is 15.5 Å². The Bertz CT molecular complexity index is 508. The third kappa shape index (κ3) is 4.08. The molecule has 0 aromatic carbocycles. The van der Waals surface area contributed by atoms with Crippen molar-refractivity contribution in [2.24, 2.45) is 17.8 Å². The van der Waals surface area contributed by atoms with E-state index >= 15 is 0 Å². The van der Waals surface area contributed by atoms with Crippen LogP contribution in [0.25, 0.3) is 0 Å². The molecular formula is C18H29N3O3. The zero-order chi connectivity index (χ0) is 17.1. The molecule has 1 saturated heterocycles. The van der Waals surface area contributed by atoms with Crippen LogP contribution in [0.4, 0.5) is 0 Å². The molecule has 0 spiro atoms. The first-order valence-corrected chi connectivity index (χ1v) is 9.33. The summed E-state index contributed by atoms with van der Waals surface area (Å²) in [6, 6.07) is 0.356. The molecule has 6 heteroatoms. The minimum Gasteiger partial charge on any atom is -0.347 e. The van der Waals surface area contributed by atoms with Gasteiger partial charge in [-0.1, -0.05) is 6.42 Å². The van der Waals surface area contributed by atoms with Crippen LogP contribution in [-0.4, -0.2) is 48.3 Å². The lowest BCUT2D eigenvalue weighted by Gasteiger charge is -2.30. The molecule has 24 heavy (non-hydrogen) atoms. The number of nitrogens with one attached hydrogen (secondary N) is 2. The van der Waals surface area contributed by atoms with E-state index in [1.165, 1.54) is 32.6 Å². The van der Waals surface area contributed by atoms with E-state index in [0.29, 0.717) is 6.04 Å². The molecule has 0 aromatic rings. The van der Waals surface area contributed by atoms with Crippen molar-refractivity contribution in [3.8, 4) is 0 Å². The Morgan fingerprint density at radius 3 is 2.54 bits per heavy atom. The van der Waals surface area contributed by atoms with Gasteiger partial charge in [-0.15, -0.1) is 0 Å². The quantitative estimate of drug-likeness (QED) is 0.762. The molecule has 0 radical (unpaired) electrons. The fourth-order valence-corrected chi connectivity index (χ4v) is 4.97. The van der Waals surface area contributed by atoms with Crippen LogP contribution < -0.4 is 10.6 Å². The zero-order valence-corrected chi connectivity index (χ0v) is 14.6. The first-order chi connectivity index (χ1) is 11.5. The molecule has 3 amide bonds. The highest BCUT2D eigenvalue weighted by Gasteiger charge is 2.41. The molecule has 1 heterocycles. The van der Waals surface area contributed by atoms with E-state index in [1.807, 2.05) is 4.90 Å². The Kier molecular flexibility index (Phi) is 5.41. The highest BCUT2D eigenvalue weighted by molar-refractivity contribution is 5.87. The number of hydrogen-bond acceptors (Lipinski definition) is 3. The minimum absolute atomic E-state index is 0.0110. The number of amides is 3. The second-order valence-corrected chi connectivity index (χ2v) is 7.74. The van der Waals surface area contributed by atoms with Gasteiger partial charge in [0.15, 0.2) is 0 Å². The van der Waals surface area contributed by atoms with E-state index in [1.54, 1.807) is 0 Å². The maximum Gasteiger partial charge on any atom is 0.242 e. The Hall–Kier alpha value is -1.59. The Balaban J connectivity index is 1.43. The molecule has 6 nitrogen and oxygen atoms in total. The normalized spacial score (nSPS) is 31.3. The summed E-state index contributed by atoms with van der Waals surface area (Å²) in [5.41, 5.74) is 0. The number of hydrogen-bond donors (Lipinski definition) is 2. The van der Waals surface area contributed by atoms with Gasteiger partial charge in [0.1, 0.15) is 0 Å². The molecule has 2 bridgehead atoms. The smallest absolute Gasteiger partial charge is 0.242 e. The predicted molar refractivity (Wildman–Crippen MR) is 90.0 cm³/mol. The van der Waals surface area contributed by atoms with Crippen molar-refractivity contribution >= 4 is 17.7 Å². The third-order valence-corrected chi connectivity index (χ3v) is 6.09. The van der Waals surface area contributed by atoms with Crippen LogP contribution >= 0.6 is 0 Å². The van der Waals surface area contributed by atoms with Crippen molar-refractivity contribution in [2.45, 2.75) is 57.9 Å². The van der Waals surface area contributed by atoms with Gasteiger partial charge in [0.05, 0.1) is 13.1 Å². The number of nitrogens with zero attached hydrogens (tertiary/aromatic N) is 1. The summed E-state index contributed by atoms with van der Waals surface area (Å²) in [7, 11) is 0. The van der Waals surface area contributed by atoms with E-state index in [0.717, 1.165) is 43.6 Å². The van der Waals surface area contributed by atoms with Crippen LogP contribution in [0.2, 0.25) is 0 Å². The zero-order valence-electron chi connectivity index (χ0n) is 14.6. The molecule has 3 rings (SSSR count). The van der Waals surface area contributed by atoms with Gasteiger partial charge in [0, 0.05) is 19.5 Å². The molecule has 0 unspecified atom stereocenters. The molecule has 3 aliphatic rings. The van der Waals surface area contributed by atoms with E-state index in [2.05, 4.69) is 10.6 Å². The molecule has 2 N–H and O–H groups in total. The lowest BCUT2D eigenvalue weighted by atomic mass is 9.83. The number of carbonyl (C=O) groups is 3. The lowest BCUT2D eigenvalue weighted by Crippen LogP contribution is -2.45. The number of rotatable bonds is 6. The highest BCUT2D eigenvalue weighted by atomic mass is 16.2. The fourth-order valence-electron chi connectivity index (χ4n) is 4.97. The lowest BCUT2D eigenvalue weighted by molar-refractivity contribution is -0.133. The van der Waals surface area contributed by atoms with Crippen molar-refractivity contribution in [2.75, 3.05) is 19.6 Å². The highest BCUT2D eigenvalue weighted by Crippen LogP contribution is 2.50. The summed E-state index contributed by atoms with van der Waals surface area (Å²) in [5, 5.41) is 5.05. The second kappa shape index (κ2) is 7.53. The largest absolute Gasteiger partial charge is 0.347 e. The average molecular weight is 335 g/mol. The molecule has 2 aliphatic carbocycles. The van der Waals surface area contributed by atoms with E-state index in [-0.39, 0.29) is 30.8 Å². The second-order valence-electron chi connectivity index (χ2n) is 7.74. The van der Waals surface area contributed by atoms with Crippen molar-refractivity contribution in [1.29, 1.82) is 0 Å². The number of likely N-dealkylation sites (tertiary alicyclic amines) is 1. The Labute approximate surface area is 143 Å². The van der Waals surface area contributed by atoms with Gasteiger partial charge in [-0.05, 0) is 56.3 Å². The summed E-state index contributed by atoms with van der Waals surface area (Å²) in [6.07, 6.45) is 8.87. The van der Waals surface area contributed by atoms with Crippen LogP contribution in [0.15, 0.2) is 0 Å². The van der Waals surface area contributed by atoms with E-state index < -0.39 is 0 Å². The predicted octanol–water partition coefficient (Wildman–Crippen LogP) is 1.06. The molecule has 3 fully saturated rings. The summed E-state index contributed by atoms with van der Waals surface area (Å²) >= 11 is 0. The van der Waals surface area contributed by atoms with E-state index in [9.17, 15) is 14.4 Å². The minimum atomic E-state index is -0.317. The standard InChI is InChI=1S/C18H29N3O3/c1-12(22)19-10-17(23)20-11-18(24)21-6-2-3-16(21)9-15-8-13-4-5-14(15)7-13/h13-16H,2-11H2,1H3,(H,19,22)(H,20,23)/t13-,14-,15-,16-/m0/s1. The van der Waals surface area contributed by atoms with Crippen LogP contribution in [0.5, 0.6) is 0 Å². The third-order valence-electron chi connectivity index (χ3n) is 6.09. The van der Waals surface area contributed by atoms with Crippen molar-refractivity contribution < 1.29 is 14.4 Å². The van der Waals surface area contributed by atoms with Crippen LogP contribution in [0.3, 0.4) is 0 Å². The van der Waals surface area contributed by atoms with Crippen molar-refractivity contribution in [3.63, 3.8) is 0 Å². The van der Waals surface area contributed by atoms with Crippen molar-refractivity contribution in [3.05, 3.63) is 0 Å². The molecule has 4 atom stereocenters. The van der Waals surface area contributed by atoms with Crippen LogP contribution in [0.1, 0.15) is 51.9 Å². The van der Waals surface area contributed by atoms with Gasteiger partial charge in [0.25, 0.3) is 0 Å².